The van der Waals surface area contributed by atoms with Crippen LogP contribution in [0.1, 0.15) is 10.4 Å². The van der Waals surface area contributed by atoms with E-state index in [9.17, 15) is 18.3 Å². The highest BCUT2D eigenvalue weighted by Gasteiger charge is 2.38. The highest BCUT2D eigenvalue weighted by molar-refractivity contribution is 7.09. The molecule has 0 aliphatic carbocycles. The molecule has 0 spiro atoms. The summed E-state index contributed by atoms with van der Waals surface area (Å²) in [5, 5.41) is 22.8. The van der Waals surface area contributed by atoms with Crippen LogP contribution in [-0.4, -0.2) is 35.5 Å². The Morgan fingerprint density at radius 3 is 2.31 bits per heavy atom. The van der Waals surface area contributed by atoms with Gasteiger partial charge in [-0.25, -0.2) is 4.79 Å². The molecule has 1 aromatic heterocycles. The van der Waals surface area contributed by atoms with E-state index < -0.39 is 12.1 Å². The Kier molecular flexibility index (Phi) is 9.64. The van der Waals surface area contributed by atoms with Gasteiger partial charge in [0.25, 0.3) is 0 Å². The van der Waals surface area contributed by atoms with Crippen LogP contribution < -0.4 is 5.32 Å². The molecule has 0 bridgehead atoms. The van der Waals surface area contributed by atoms with Gasteiger partial charge in [0.2, 0.25) is 0 Å². The van der Waals surface area contributed by atoms with Gasteiger partial charge >= 0.3 is 12.1 Å². The van der Waals surface area contributed by atoms with Crippen LogP contribution in [0.5, 0.6) is 0 Å². The third kappa shape index (κ3) is 9.19. The molecule has 1 unspecified atom stereocenters. The molecule has 26 heavy (non-hydrogen) atoms. The van der Waals surface area contributed by atoms with E-state index in [1.165, 1.54) is 10.4 Å². The monoisotopic (exact) mass is 409 g/mol. The Labute approximate surface area is 158 Å². The number of carbonyl (C=O) groups is 1. The topological polar surface area (TPSA) is 69.6 Å². The number of aliphatic hydroxyl groups is 1. The first-order valence-corrected chi connectivity index (χ1v) is 8.86. The Bertz CT molecular complexity index is 648. The first kappa shape index (κ1) is 22.4. The standard InChI is InChI=1S/C15H18ClNOS.C2HF3O2/c16-14-5-3-12(4-6-14)8-13(11-18)9-17-10-15-2-1-7-19-15;3-2(4,5)1(6)7/h1-7,13,17-18H,8-11H2;(H,6,7). The lowest BCUT2D eigenvalue weighted by Crippen LogP contribution is -2.26. The molecule has 9 heteroatoms. The fourth-order valence-corrected chi connectivity index (χ4v) is 2.77. The lowest BCUT2D eigenvalue weighted by molar-refractivity contribution is -0.192. The first-order valence-electron chi connectivity index (χ1n) is 7.61. The van der Waals surface area contributed by atoms with Crippen LogP contribution in [0.25, 0.3) is 0 Å². The molecule has 0 amide bonds. The van der Waals surface area contributed by atoms with Gasteiger partial charge < -0.3 is 15.5 Å². The largest absolute Gasteiger partial charge is 0.490 e. The molecular weight excluding hydrogens is 391 g/mol. The number of nitrogens with one attached hydrogen (secondary N) is 1. The number of rotatable bonds is 7. The molecular formula is C17H19ClF3NO3S. The van der Waals surface area contributed by atoms with Crippen molar-refractivity contribution < 1.29 is 28.2 Å². The second kappa shape index (κ2) is 11.2. The molecule has 2 aromatic rings. The smallest absolute Gasteiger partial charge is 0.475 e. The third-order valence-corrected chi connectivity index (χ3v) is 4.38. The Balaban J connectivity index is 0.000000412. The predicted octanol–water partition coefficient (Wildman–Crippen LogP) is 3.98. The van der Waals surface area contributed by atoms with Gasteiger partial charge in [0.05, 0.1) is 0 Å². The van der Waals surface area contributed by atoms with Gasteiger partial charge in [-0.2, -0.15) is 13.2 Å². The van der Waals surface area contributed by atoms with Gasteiger partial charge in [-0.3, -0.25) is 0 Å². The Hall–Kier alpha value is -1.61. The SMILES string of the molecule is O=C(O)C(F)(F)F.OCC(CNCc1cccs1)Cc1ccc(Cl)cc1. The molecule has 1 aromatic carbocycles. The second-order valence-corrected chi connectivity index (χ2v) is 6.86. The molecule has 1 atom stereocenters. The van der Waals surface area contributed by atoms with Crippen molar-refractivity contribution in [3.8, 4) is 0 Å². The minimum absolute atomic E-state index is 0.195. The zero-order chi connectivity index (χ0) is 19.6. The van der Waals surface area contributed by atoms with E-state index in [0.717, 1.165) is 24.5 Å². The number of alkyl halides is 3. The van der Waals surface area contributed by atoms with Crippen LogP contribution in [0.15, 0.2) is 41.8 Å². The summed E-state index contributed by atoms with van der Waals surface area (Å²) in [6.45, 7) is 1.88. The van der Waals surface area contributed by atoms with Crippen molar-refractivity contribution >= 4 is 28.9 Å². The maximum absolute atomic E-state index is 10.6. The zero-order valence-corrected chi connectivity index (χ0v) is 15.2. The number of hydrogen-bond donors (Lipinski definition) is 3. The first-order chi connectivity index (χ1) is 12.2. The minimum Gasteiger partial charge on any atom is -0.475 e. The predicted molar refractivity (Wildman–Crippen MR) is 95.4 cm³/mol. The molecule has 0 aliphatic rings. The van der Waals surface area contributed by atoms with Crippen LogP contribution in [0, 0.1) is 5.92 Å². The number of aliphatic hydroxyl groups excluding tert-OH is 1. The molecule has 1 heterocycles. The van der Waals surface area contributed by atoms with Crippen LogP contribution in [0.2, 0.25) is 5.02 Å². The molecule has 0 fully saturated rings. The molecule has 0 saturated carbocycles. The van der Waals surface area contributed by atoms with E-state index in [1.54, 1.807) is 11.3 Å². The Morgan fingerprint density at radius 1 is 1.23 bits per heavy atom. The third-order valence-electron chi connectivity index (χ3n) is 3.25. The fourth-order valence-electron chi connectivity index (χ4n) is 1.97. The van der Waals surface area contributed by atoms with Gasteiger partial charge in [-0.05, 0) is 41.5 Å². The summed E-state index contributed by atoms with van der Waals surface area (Å²) in [5.41, 5.74) is 1.21. The zero-order valence-electron chi connectivity index (χ0n) is 13.7. The van der Waals surface area contributed by atoms with Crippen LogP contribution in [0.4, 0.5) is 13.2 Å². The molecule has 0 saturated heterocycles. The highest BCUT2D eigenvalue weighted by Crippen LogP contribution is 2.14. The van der Waals surface area contributed by atoms with Crippen molar-refractivity contribution in [2.24, 2.45) is 5.92 Å². The van der Waals surface area contributed by atoms with E-state index in [0.29, 0.717) is 0 Å². The summed E-state index contributed by atoms with van der Waals surface area (Å²) in [7, 11) is 0. The van der Waals surface area contributed by atoms with E-state index in [1.807, 2.05) is 24.3 Å². The molecule has 2 rings (SSSR count). The molecule has 3 N–H and O–H groups in total. The summed E-state index contributed by atoms with van der Waals surface area (Å²) in [6, 6.07) is 12.0. The molecule has 0 radical (unpaired) electrons. The average Bonchev–Trinajstić information content (AvgIpc) is 3.09. The number of carboxylic acid groups (broad SMARTS) is 1. The molecule has 144 valence electrons. The summed E-state index contributed by atoms with van der Waals surface area (Å²) in [6.07, 6.45) is -4.22. The normalized spacial score (nSPS) is 12.2. The Morgan fingerprint density at radius 2 is 1.85 bits per heavy atom. The van der Waals surface area contributed by atoms with Gasteiger partial charge in [0, 0.05) is 29.6 Å². The van der Waals surface area contributed by atoms with Crippen LogP contribution in [0.3, 0.4) is 0 Å². The van der Waals surface area contributed by atoms with E-state index in [-0.39, 0.29) is 12.5 Å². The highest BCUT2D eigenvalue weighted by atomic mass is 35.5. The minimum atomic E-state index is -5.08. The maximum atomic E-state index is 10.6. The molecule has 0 aliphatic heterocycles. The van der Waals surface area contributed by atoms with Crippen molar-refractivity contribution in [1.82, 2.24) is 5.32 Å². The maximum Gasteiger partial charge on any atom is 0.490 e. The van der Waals surface area contributed by atoms with Gasteiger partial charge in [0.15, 0.2) is 0 Å². The van der Waals surface area contributed by atoms with Gasteiger partial charge in [-0.1, -0.05) is 29.8 Å². The van der Waals surface area contributed by atoms with Crippen molar-refractivity contribution in [1.29, 1.82) is 0 Å². The average molecular weight is 410 g/mol. The van der Waals surface area contributed by atoms with Crippen LogP contribution in [-0.2, 0) is 17.8 Å². The summed E-state index contributed by atoms with van der Waals surface area (Å²) in [5.74, 6) is -2.52. The van der Waals surface area contributed by atoms with Crippen molar-refractivity contribution in [3.05, 3.63) is 57.2 Å². The second-order valence-electron chi connectivity index (χ2n) is 5.39. The summed E-state index contributed by atoms with van der Waals surface area (Å²) >= 11 is 7.61. The number of benzene rings is 1. The number of halogens is 4. The van der Waals surface area contributed by atoms with Crippen molar-refractivity contribution in [2.75, 3.05) is 13.2 Å². The number of carboxylic acids is 1. The summed E-state index contributed by atoms with van der Waals surface area (Å²) < 4.78 is 31.7. The van der Waals surface area contributed by atoms with E-state index in [2.05, 4.69) is 22.8 Å². The number of thiophene rings is 1. The van der Waals surface area contributed by atoms with E-state index >= 15 is 0 Å². The van der Waals surface area contributed by atoms with Crippen molar-refractivity contribution in [3.63, 3.8) is 0 Å². The van der Waals surface area contributed by atoms with Crippen LogP contribution >= 0.6 is 22.9 Å². The van der Waals surface area contributed by atoms with Gasteiger partial charge in [-0.15, -0.1) is 11.3 Å². The van der Waals surface area contributed by atoms with E-state index in [4.69, 9.17) is 21.5 Å². The van der Waals surface area contributed by atoms with Gasteiger partial charge in [0.1, 0.15) is 0 Å². The van der Waals surface area contributed by atoms with Crippen molar-refractivity contribution in [2.45, 2.75) is 19.1 Å². The molecule has 4 nitrogen and oxygen atoms in total. The number of aliphatic carboxylic acids is 1. The lowest BCUT2D eigenvalue weighted by Gasteiger charge is -2.15. The fraction of sp³-hybridized carbons (Fsp3) is 0.353. The summed E-state index contributed by atoms with van der Waals surface area (Å²) in [4.78, 5) is 10.2. The lowest BCUT2D eigenvalue weighted by atomic mass is 10.00. The number of hydrogen-bond acceptors (Lipinski definition) is 4. The quantitative estimate of drug-likeness (QED) is 0.647.